The first kappa shape index (κ1) is 14.3. The second-order valence-corrected chi connectivity index (χ2v) is 5.58. The predicted molar refractivity (Wildman–Crippen MR) is 70.7 cm³/mol. The minimum atomic E-state index is -0.625. The Morgan fingerprint density at radius 2 is 2.37 bits per heavy atom. The molecule has 1 heterocycles. The number of aryl methyl sites for hydroxylation is 1. The van der Waals surface area contributed by atoms with Crippen molar-refractivity contribution in [2.24, 2.45) is 13.0 Å². The molecule has 1 atom stereocenters. The molecule has 8 heteroatoms. The quantitative estimate of drug-likeness (QED) is 0.567. The van der Waals surface area contributed by atoms with Crippen LogP contribution in [0.3, 0.4) is 0 Å². The number of esters is 1. The Morgan fingerprint density at radius 1 is 1.63 bits per heavy atom. The summed E-state index contributed by atoms with van der Waals surface area (Å²) in [6.07, 6.45) is 2.11. The summed E-state index contributed by atoms with van der Waals surface area (Å²) in [6, 6.07) is 0. The summed E-state index contributed by atoms with van der Waals surface area (Å²) in [4.78, 5) is 12.2. The van der Waals surface area contributed by atoms with Crippen LogP contribution < -0.4 is 5.32 Å². The van der Waals surface area contributed by atoms with Gasteiger partial charge in [0.15, 0.2) is 0 Å². The van der Waals surface area contributed by atoms with E-state index in [4.69, 9.17) is 4.74 Å². The third-order valence-corrected chi connectivity index (χ3v) is 4.53. The van der Waals surface area contributed by atoms with Crippen molar-refractivity contribution in [3.05, 3.63) is 0 Å². The van der Waals surface area contributed by atoms with E-state index in [0.717, 1.165) is 19.4 Å². The van der Waals surface area contributed by atoms with Gasteiger partial charge in [0.2, 0.25) is 5.16 Å². The highest BCUT2D eigenvalue weighted by Crippen LogP contribution is 2.42. The number of ether oxygens (including phenoxy) is 1. The number of tetrazole rings is 1. The Labute approximate surface area is 116 Å². The number of aromatic nitrogens is 4. The molecule has 0 radical (unpaired) electrons. The van der Waals surface area contributed by atoms with Gasteiger partial charge in [-0.3, -0.25) is 4.79 Å². The molecule has 106 valence electrons. The van der Waals surface area contributed by atoms with Gasteiger partial charge in [0.1, 0.15) is 5.54 Å². The molecule has 1 aliphatic carbocycles. The topological polar surface area (TPSA) is 81.9 Å². The lowest BCUT2D eigenvalue weighted by molar-refractivity contribution is -0.148. The Hall–Kier alpha value is -1.15. The summed E-state index contributed by atoms with van der Waals surface area (Å²) in [6.45, 7) is 2.72. The molecule has 0 bridgehead atoms. The minimum Gasteiger partial charge on any atom is -0.468 e. The SMILES string of the molecule is CCNC(CSc1nnnn1C)(C(=O)OC)C1CC1. The molecule has 0 amide bonds. The number of nitrogens with zero attached hydrogens (tertiary/aromatic N) is 4. The van der Waals surface area contributed by atoms with Gasteiger partial charge in [-0.25, -0.2) is 4.68 Å². The Kier molecular flexibility index (Phi) is 4.41. The van der Waals surface area contributed by atoms with Crippen molar-refractivity contribution >= 4 is 17.7 Å². The average molecular weight is 285 g/mol. The lowest BCUT2D eigenvalue weighted by atomic mass is 9.95. The zero-order chi connectivity index (χ0) is 13.9. The normalized spacial score (nSPS) is 18.1. The molecule has 1 unspecified atom stereocenters. The van der Waals surface area contributed by atoms with Crippen LogP contribution in [0.2, 0.25) is 0 Å². The largest absolute Gasteiger partial charge is 0.468 e. The van der Waals surface area contributed by atoms with Crippen molar-refractivity contribution in [1.29, 1.82) is 0 Å². The molecule has 0 aliphatic heterocycles. The first-order valence-electron chi connectivity index (χ1n) is 6.32. The zero-order valence-electron chi connectivity index (χ0n) is 11.4. The Morgan fingerprint density at radius 3 is 2.84 bits per heavy atom. The fourth-order valence-electron chi connectivity index (χ4n) is 2.21. The first-order chi connectivity index (χ1) is 9.14. The van der Waals surface area contributed by atoms with Gasteiger partial charge in [0.05, 0.1) is 7.11 Å². The number of nitrogens with one attached hydrogen (secondary N) is 1. The zero-order valence-corrected chi connectivity index (χ0v) is 12.2. The maximum atomic E-state index is 12.2. The monoisotopic (exact) mass is 285 g/mol. The lowest BCUT2D eigenvalue weighted by Gasteiger charge is -2.31. The van der Waals surface area contributed by atoms with Crippen molar-refractivity contribution in [2.75, 3.05) is 19.4 Å². The number of carbonyl (C=O) groups excluding carboxylic acids is 1. The van der Waals surface area contributed by atoms with Crippen molar-refractivity contribution in [1.82, 2.24) is 25.5 Å². The standard InChI is InChI=1S/C11H19N5O2S/c1-4-12-11(8-5-6-8,9(17)18-3)7-19-10-13-14-15-16(10)2/h8,12H,4-7H2,1-3H3. The van der Waals surface area contributed by atoms with E-state index >= 15 is 0 Å². The molecule has 1 fully saturated rings. The van der Waals surface area contributed by atoms with E-state index in [-0.39, 0.29) is 5.97 Å². The van der Waals surface area contributed by atoms with Gasteiger partial charge in [0, 0.05) is 12.8 Å². The van der Waals surface area contributed by atoms with Crippen LogP contribution in [0.4, 0.5) is 0 Å². The molecule has 0 spiro atoms. The maximum absolute atomic E-state index is 12.2. The van der Waals surface area contributed by atoms with Crippen LogP contribution >= 0.6 is 11.8 Å². The van der Waals surface area contributed by atoms with Crippen molar-refractivity contribution < 1.29 is 9.53 Å². The highest BCUT2D eigenvalue weighted by atomic mass is 32.2. The van der Waals surface area contributed by atoms with Gasteiger partial charge < -0.3 is 10.1 Å². The van der Waals surface area contributed by atoms with Crippen LogP contribution in [0.15, 0.2) is 5.16 Å². The first-order valence-corrected chi connectivity index (χ1v) is 7.31. The molecule has 1 aromatic rings. The highest BCUT2D eigenvalue weighted by Gasteiger charge is 2.51. The number of hydrogen-bond acceptors (Lipinski definition) is 7. The number of carbonyl (C=O) groups is 1. The molecule has 7 nitrogen and oxygen atoms in total. The molecule has 2 rings (SSSR count). The number of thioether (sulfide) groups is 1. The van der Waals surface area contributed by atoms with Crippen LogP contribution in [-0.2, 0) is 16.6 Å². The van der Waals surface area contributed by atoms with Crippen LogP contribution in [0.25, 0.3) is 0 Å². The van der Waals surface area contributed by atoms with E-state index in [1.54, 1.807) is 11.7 Å². The molecular formula is C11H19N5O2S. The van der Waals surface area contributed by atoms with Crippen molar-refractivity contribution in [3.63, 3.8) is 0 Å². The molecule has 1 aliphatic rings. The van der Waals surface area contributed by atoms with Crippen LogP contribution in [0.5, 0.6) is 0 Å². The third kappa shape index (κ3) is 2.89. The average Bonchev–Trinajstić information content (AvgIpc) is 3.18. The summed E-state index contributed by atoms with van der Waals surface area (Å²) in [5, 5.41) is 15.3. The number of rotatable bonds is 7. The van der Waals surface area contributed by atoms with Gasteiger partial charge in [-0.2, -0.15) is 0 Å². The van der Waals surface area contributed by atoms with E-state index in [1.165, 1.54) is 18.9 Å². The van der Waals surface area contributed by atoms with Gasteiger partial charge in [0.25, 0.3) is 0 Å². The lowest BCUT2D eigenvalue weighted by Crippen LogP contribution is -2.56. The molecule has 0 saturated heterocycles. The van der Waals surface area contributed by atoms with E-state index in [9.17, 15) is 4.79 Å². The second kappa shape index (κ2) is 5.87. The van der Waals surface area contributed by atoms with Crippen LogP contribution in [-0.4, -0.2) is 51.1 Å². The number of likely N-dealkylation sites (N-methyl/N-ethyl adjacent to an activating group) is 1. The van der Waals surface area contributed by atoms with E-state index < -0.39 is 5.54 Å². The summed E-state index contributed by atoms with van der Waals surface area (Å²) >= 11 is 1.48. The van der Waals surface area contributed by atoms with Crippen LogP contribution in [0, 0.1) is 5.92 Å². The van der Waals surface area contributed by atoms with E-state index in [1.807, 2.05) is 6.92 Å². The fourth-order valence-corrected chi connectivity index (χ4v) is 3.34. The molecule has 19 heavy (non-hydrogen) atoms. The highest BCUT2D eigenvalue weighted by molar-refractivity contribution is 7.99. The van der Waals surface area contributed by atoms with Crippen LogP contribution in [0.1, 0.15) is 19.8 Å². The van der Waals surface area contributed by atoms with Gasteiger partial charge >= 0.3 is 5.97 Å². The minimum absolute atomic E-state index is 0.195. The van der Waals surface area contributed by atoms with Gasteiger partial charge in [-0.05, 0) is 35.7 Å². The maximum Gasteiger partial charge on any atom is 0.327 e. The van der Waals surface area contributed by atoms with E-state index in [0.29, 0.717) is 16.8 Å². The predicted octanol–water partition coefficient (Wildman–Crippen LogP) is 0.233. The van der Waals surface area contributed by atoms with Crippen molar-refractivity contribution in [3.8, 4) is 0 Å². The molecule has 0 aromatic carbocycles. The summed E-state index contributed by atoms with van der Waals surface area (Å²) < 4.78 is 6.60. The Balaban J connectivity index is 2.12. The molecule has 1 saturated carbocycles. The second-order valence-electron chi connectivity index (χ2n) is 4.64. The van der Waals surface area contributed by atoms with Crippen molar-refractivity contribution in [2.45, 2.75) is 30.5 Å². The fraction of sp³-hybridized carbons (Fsp3) is 0.818. The molecular weight excluding hydrogens is 266 g/mol. The van der Waals surface area contributed by atoms with Gasteiger partial charge in [-0.1, -0.05) is 18.7 Å². The summed E-state index contributed by atoms with van der Waals surface area (Å²) in [5.74, 6) is 0.722. The smallest absolute Gasteiger partial charge is 0.327 e. The van der Waals surface area contributed by atoms with E-state index in [2.05, 4.69) is 20.8 Å². The Bertz CT molecular complexity index is 448. The summed E-state index contributed by atoms with van der Waals surface area (Å²) in [5.41, 5.74) is -0.625. The summed E-state index contributed by atoms with van der Waals surface area (Å²) in [7, 11) is 3.22. The number of hydrogen-bond donors (Lipinski definition) is 1. The number of methoxy groups -OCH3 is 1. The molecule has 1 aromatic heterocycles. The van der Waals surface area contributed by atoms with Gasteiger partial charge in [-0.15, -0.1) is 5.10 Å². The molecule has 1 N–H and O–H groups in total. The third-order valence-electron chi connectivity index (χ3n) is 3.33.